The van der Waals surface area contributed by atoms with Gasteiger partial charge in [-0.2, -0.15) is 0 Å². The van der Waals surface area contributed by atoms with Crippen LogP contribution in [0.15, 0.2) is 0 Å². The number of aliphatic hydroxyl groups excluding tert-OH is 7. The second kappa shape index (κ2) is 9.63. The first-order valence-electron chi connectivity index (χ1n) is 7.26. The molecule has 2 aliphatic heterocycles. The summed E-state index contributed by atoms with van der Waals surface area (Å²) in [6, 6.07) is 0. The van der Waals surface area contributed by atoms with Crippen molar-refractivity contribution < 1.29 is 71.5 Å². The van der Waals surface area contributed by atoms with E-state index in [2.05, 4.69) is 0 Å². The Kier molecular flexibility index (Phi) is 9.07. The Bertz CT molecular complexity index is 421. The molecule has 150 valence electrons. The molecule has 2 rings (SSSR count). The van der Waals surface area contributed by atoms with E-state index < -0.39 is 68.0 Å². The third kappa shape index (κ3) is 4.50. The first-order chi connectivity index (χ1) is 11.3. The topological polar surface area (TPSA) is 179 Å². The zero-order chi connectivity index (χ0) is 18.1. The standard InChI is InChI=1S/C12H23O11P.Fe/c13-1-4-7(16)10(19)12(3-14,22-4)23-11-9(18)8(17)6(15)5(21-11)2-20-24;/h4-11,13-19H,1-3,24H2;/t4-,5-,6-,7-,8+,9-,10+,11-,12+;/m1./s1. The van der Waals surface area contributed by atoms with E-state index in [0.29, 0.717) is 0 Å². The maximum absolute atomic E-state index is 10.1. The molecule has 0 radical (unpaired) electrons. The van der Waals surface area contributed by atoms with Crippen LogP contribution in [-0.4, -0.2) is 110 Å². The largest absolute Gasteiger partial charge is 0.394 e. The first-order valence-corrected chi connectivity index (χ1v) is 7.73. The Hall–Kier alpha value is 0.509. The van der Waals surface area contributed by atoms with Crippen molar-refractivity contribution >= 4 is 9.47 Å². The maximum Gasteiger partial charge on any atom is 0.224 e. The van der Waals surface area contributed by atoms with Gasteiger partial charge in [0, 0.05) is 26.5 Å². The zero-order valence-corrected chi connectivity index (χ0v) is 15.2. The molecule has 0 spiro atoms. The molecule has 2 aliphatic rings. The molecule has 7 N–H and O–H groups in total. The minimum absolute atomic E-state index is 0. The molecule has 0 aromatic heterocycles. The molecule has 2 saturated heterocycles. The van der Waals surface area contributed by atoms with E-state index >= 15 is 0 Å². The van der Waals surface area contributed by atoms with Crippen molar-refractivity contribution in [2.75, 3.05) is 19.8 Å². The molecule has 13 heteroatoms. The van der Waals surface area contributed by atoms with Crippen LogP contribution in [0.25, 0.3) is 0 Å². The third-order valence-corrected chi connectivity index (χ3v) is 4.34. The van der Waals surface area contributed by atoms with Gasteiger partial charge in [-0.05, 0) is 0 Å². The van der Waals surface area contributed by atoms with Crippen LogP contribution in [0, 0.1) is 0 Å². The van der Waals surface area contributed by atoms with Gasteiger partial charge in [0.1, 0.15) is 49.3 Å². The average molecular weight is 430 g/mol. The van der Waals surface area contributed by atoms with Crippen molar-refractivity contribution in [1.82, 2.24) is 0 Å². The van der Waals surface area contributed by atoms with Crippen molar-refractivity contribution in [3.05, 3.63) is 0 Å². The molecular weight excluding hydrogens is 407 g/mol. The Balaban J connectivity index is 0.00000312. The van der Waals surface area contributed by atoms with Gasteiger partial charge in [-0.15, -0.1) is 0 Å². The zero-order valence-electron chi connectivity index (χ0n) is 12.9. The number of hydrogen-bond acceptors (Lipinski definition) is 11. The number of hydrogen-bond donors (Lipinski definition) is 7. The molecule has 0 amide bonds. The van der Waals surface area contributed by atoms with Gasteiger partial charge in [0.25, 0.3) is 0 Å². The second-order valence-electron chi connectivity index (χ2n) is 5.71. The van der Waals surface area contributed by atoms with Crippen LogP contribution in [0.4, 0.5) is 0 Å². The van der Waals surface area contributed by atoms with Crippen LogP contribution in [0.5, 0.6) is 0 Å². The molecule has 0 aromatic carbocycles. The minimum atomic E-state index is -2.19. The Labute approximate surface area is 156 Å². The van der Waals surface area contributed by atoms with Crippen LogP contribution in [-0.2, 0) is 35.8 Å². The summed E-state index contributed by atoms with van der Waals surface area (Å²) in [4.78, 5) is 0. The summed E-state index contributed by atoms with van der Waals surface area (Å²) in [6.07, 6.45) is -12.1. The van der Waals surface area contributed by atoms with Crippen LogP contribution >= 0.6 is 9.47 Å². The summed E-state index contributed by atoms with van der Waals surface area (Å²) in [6.45, 7) is -1.74. The Morgan fingerprint density at radius 1 is 0.920 bits per heavy atom. The number of rotatable bonds is 6. The van der Waals surface area contributed by atoms with Crippen molar-refractivity contribution in [3.8, 4) is 0 Å². The predicted octanol–water partition coefficient (Wildman–Crippen LogP) is -4.58. The van der Waals surface area contributed by atoms with E-state index in [4.69, 9.17) is 23.8 Å². The van der Waals surface area contributed by atoms with Gasteiger partial charge in [0.15, 0.2) is 6.29 Å². The first kappa shape index (κ1) is 23.5. The van der Waals surface area contributed by atoms with Gasteiger partial charge in [-0.1, -0.05) is 0 Å². The smallest absolute Gasteiger partial charge is 0.224 e. The molecular formula is C12H23FeO11P. The van der Waals surface area contributed by atoms with E-state index in [1.165, 1.54) is 0 Å². The molecule has 0 saturated carbocycles. The number of ether oxygens (including phenoxy) is 3. The summed E-state index contributed by atoms with van der Waals surface area (Å²) >= 11 is 0. The fraction of sp³-hybridized carbons (Fsp3) is 1.00. The quantitative estimate of drug-likeness (QED) is 0.159. The van der Waals surface area contributed by atoms with Gasteiger partial charge in [-0.3, -0.25) is 0 Å². The molecule has 0 aliphatic carbocycles. The van der Waals surface area contributed by atoms with Gasteiger partial charge in [-0.25, -0.2) is 0 Å². The molecule has 2 heterocycles. The van der Waals surface area contributed by atoms with Crippen molar-refractivity contribution in [1.29, 1.82) is 0 Å². The minimum Gasteiger partial charge on any atom is -0.394 e. The summed E-state index contributed by atoms with van der Waals surface area (Å²) in [5, 5.41) is 68.3. The van der Waals surface area contributed by atoms with Crippen molar-refractivity contribution in [3.63, 3.8) is 0 Å². The SMILES string of the molecule is OC[C@H]1O[C@@](CO)(O[C@H]2O[C@H](COP)[C@@H](O)[C@H](O)[C@H]2O)[C@@H](O)[C@@H]1O.[Fe]. The number of aliphatic hydroxyl groups is 7. The van der Waals surface area contributed by atoms with Gasteiger partial charge >= 0.3 is 0 Å². The molecule has 10 atom stereocenters. The maximum atomic E-state index is 10.1. The fourth-order valence-electron chi connectivity index (χ4n) is 2.71. The van der Waals surface area contributed by atoms with Crippen molar-refractivity contribution in [2.24, 2.45) is 0 Å². The average Bonchev–Trinajstić information content (AvgIpc) is 2.82. The normalized spacial score (nSPS) is 47.5. The third-order valence-electron chi connectivity index (χ3n) is 4.15. The predicted molar refractivity (Wildman–Crippen MR) is 77.2 cm³/mol. The molecule has 11 nitrogen and oxygen atoms in total. The molecule has 25 heavy (non-hydrogen) atoms. The van der Waals surface area contributed by atoms with E-state index in [1.54, 1.807) is 0 Å². The molecule has 0 aromatic rings. The van der Waals surface area contributed by atoms with E-state index in [0.717, 1.165) is 0 Å². The second-order valence-corrected chi connectivity index (χ2v) is 6.04. The molecule has 0 bridgehead atoms. The van der Waals surface area contributed by atoms with Crippen molar-refractivity contribution in [2.45, 2.75) is 54.8 Å². The van der Waals surface area contributed by atoms with Crippen LogP contribution in [0.3, 0.4) is 0 Å². The van der Waals surface area contributed by atoms with E-state index in [1.807, 2.05) is 9.47 Å². The van der Waals surface area contributed by atoms with Crippen LogP contribution < -0.4 is 0 Å². The van der Waals surface area contributed by atoms with Gasteiger partial charge in [0.05, 0.1) is 13.2 Å². The molecule has 1 unspecified atom stereocenters. The summed E-state index contributed by atoms with van der Waals surface area (Å²) in [7, 11) is 1.93. The van der Waals surface area contributed by atoms with Gasteiger partial charge in [0.2, 0.25) is 5.79 Å². The Morgan fingerprint density at radius 3 is 2.04 bits per heavy atom. The summed E-state index contributed by atoms with van der Waals surface area (Å²) in [5.74, 6) is -2.19. The van der Waals surface area contributed by atoms with Crippen LogP contribution in [0.1, 0.15) is 0 Å². The Morgan fingerprint density at radius 2 is 1.56 bits per heavy atom. The van der Waals surface area contributed by atoms with Crippen LogP contribution in [0.2, 0.25) is 0 Å². The summed E-state index contributed by atoms with van der Waals surface area (Å²) < 4.78 is 20.6. The van der Waals surface area contributed by atoms with Gasteiger partial charge < -0.3 is 54.5 Å². The monoisotopic (exact) mass is 430 g/mol. The summed E-state index contributed by atoms with van der Waals surface area (Å²) in [5.41, 5.74) is 0. The van der Waals surface area contributed by atoms with E-state index in [9.17, 15) is 30.6 Å². The molecule has 2 fully saturated rings. The van der Waals surface area contributed by atoms with E-state index in [-0.39, 0.29) is 23.7 Å². The fourth-order valence-corrected chi connectivity index (χ4v) is 2.90.